The van der Waals surface area contributed by atoms with Crippen molar-refractivity contribution in [3.63, 3.8) is 0 Å². The second kappa shape index (κ2) is 9.82. The van der Waals surface area contributed by atoms with Gasteiger partial charge in [-0.25, -0.2) is 9.97 Å². The zero-order valence-electron chi connectivity index (χ0n) is 18.6. The maximum absolute atomic E-state index is 4.50. The molecule has 4 aliphatic rings. The second-order valence-electron chi connectivity index (χ2n) is 10.1. The summed E-state index contributed by atoms with van der Waals surface area (Å²) in [6.45, 7) is 4.94. The van der Waals surface area contributed by atoms with Crippen molar-refractivity contribution in [2.75, 3.05) is 36.8 Å². The van der Waals surface area contributed by atoms with E-state index in [9.17, 15) is 0 Å². The van der Waals surface area contributed by atoms with Crippen LogP contribution in [-0.2, 0) is 0 Å². The Labute approximate surface area is 182 Å². The van der Waals surface area contributed by atoms with Crippen molar-refractivity contribution in [2.45, 2.75) is 101 Å². The van der Waals surface area contributed by atoms with E-state index in [1.165, 1.54) is 103 Å². The zero-order chi connectivity index (χ0) is 20.2. The Morgan fingerprint density at radius 2 is 1.00 bits per heavy atom. The topological polar surface area (TPSA) is 56.3 Å². The number of hydrogen-bond acceptors (Lipinski definition) is 6. The maximum Gasteiger partial charge on any atom is 0.131 e. The quantitative estimate of drug-likeness (QED) is 0.733. The fourth-order valence-corrected chi connectivity index (χ4v) is 6.29. The van der Waals surface area contributed by atoms with Gasteiger partial charge in [-0.2, -0.15) is 0 Å². The molecule has 1 aromatic heterocycles. The minimum absolute atomic E-state index is 0.542. The van der Waals surface area contributed by atoms with Crippen molar-refractivity contribution in [3.8, 4) is 0 Å². The van der Waals surface area contributed by atoms with E-state index in [0.717, 1.165) is 23.7 Å². The Kier molecular flexibility index (Phi) is 6.71. The molecule has 0 radical (unpaired) electrons. The fraction of sp³-hybridized carbons (Fsp3) is 0.833. The van der Waals surface area contributed by atoms with Crippen LogP contribution >= 0.6 is 0 Å². The highest BCUT2D eigenvalue weighted by molar-refractivity contribution is 5.47. The van der Waals surface area contributed by atoms with Gasteiger partial charge in [0, 0.05) is 56.4 Å². The van der Waals surface area contributed by atoms with E-state index in [-0.39, 0.29) is 0 Å². The molecule has 0 bridgehead atoms. The van der Waals surface area contributed by atoms with Crippen LogP contribution in [0.5, 0.6) is 0 Å². The second-order valence-corrected chi connectivity index (χ2v) is 10.1. The molecule has 6 heteroatoms. The molecule has 0 aromatic carbocycles. The Morgan fingerprint density at radius 3 is 1.40 bits per heavy atom. The van der Waals surface area contributed by atoms with Crippen LogP contribution < -0.4 is 10.6 Å². The molecule has 4 fully saturated rings. The summed E-state index contributed by atoms with van der Waals surface area (Å²) in [6.07, 6.45) is 18.0. The molecule has 3 heterocycles. The largest absolute Gasteiger partial charge is 0.367 e. The number of rotatable bonds is 6. The summed E-state index contributed by atoms with van der Waals surface area (Å²) in [7, 11) is 0. The first-order valence-corrected chi connectivity index (χ1v) is 12.7. The van der Waals surface area contributed by atoms with Crippen LogP contribution in [0.25, 0.3) is 0 Å². The molecule has 0 unspecified atom stereocenters. The van der Waals surface area contributed by atoms with Crippen molar-refractivity contribution in [1.29, 1.82) is 0 Å². The van der Waals surface area contributed by atoms with E-state index in [1.807, 2.05) is 0 Å². The fourth-order valence-electron chi connectivity index (χ4n) is 6.29. The monoisotopic (exact) mass is 412 g/mol. The van der Waals surface area contributed by atoms with Gasteiger partial charge in [0.1, 0.15) is 18.0 Å². The Hall–Kier alpha value is -1.40. The number of piperidine rings is 2. The smallest absolute Gasteiger partial charge is 0.131 e. The first kappa shape index (κ1) is 20.5. The van der Waals surface area contributed by atoms with Crippen LogP contribution in [-0.4, -0.2) is 70.1 Å². The molecule has 2 aliphatic heterocycles. The molecule has 5 rings (SSSR count). The van der Waals surface area contributed by atoms with E-state index in [4.69, 9.17) is 0 Å². The van der Waals surface area contributed by atoms with Gasteiger partial charge >= 0.3 is 0 Å². The summed E-state index contributed by atoms with van der Waals surface area (Å²) in [5.74, 6) is 1.96. The van der Waals surface area contributed by atoms with E-state index < -0.39 is 0 Å². The van der Waals surface area contributed by atoms with E-state index in [2.05, 4.69) is 36.5 Å². The van der Waals surface area contributed by atoms with Crippen LogP contribution in [0.4, 0.5) is 11.6 Å². The number of likely N-dealkylation sites (tertiary alicyclic amines) is 2. The van der Waals surface area contributed by atoms with Gasteiger partial charge in [-0.15, -0.1) is 0 Å². The highest BCUT2D eigenvalue weighted by atomic mass is 15.2. The molecular formula is C24H40N6. The van der Waals surface area contributed by atoms with Crippen LogP contribution in [0.2, 0.25) is 0 Å². The Bertz CT molecular complexity index is 600. The summed E-state index contributed by atoms with van der Waals surface area (Å²) in [6, 6.07) is 4.93. The molecule has 2 aliphatic carbocycles. The van der Waals surface area contributed by atoms with Gasteiger partial charge in [-0.05, 0) is 51.4 Å². The average Bonchev–Trinajstić information content (AvgIpc) is 3.50. The lowest BCUT2D eigenvalue weighted by atomic mass is 10.0. The molecule has 2 saturated carbocycles. The van der Waals surface area contributed by atoms with Crippen molar-refractivity contribution in [3.05, 3.63) is 12.4 Å². The summed E-state index contributed by atoms with van der Waals surface area (Å²) in [5, 5.41) is 7.38. The predicted molar refractivity (Wildman–Crippen MR) is 123 cm³/mol. The number of anilines is 2. The van der Waals surface area contributed by atoms with Gasteiger partial charge in [0.15, 0.2) is 0 Å². The Morgan fingerprint density at radius 1 is 0.600 bits per heavy atom. The molecule has 0 spiro atoms. The first-order chi connectivity index (χ1) is 14.8. The number of nitrogens with one attached hydrogen (secondary N) is 2. The molecular weight excluding hydrogens is 372 g/mol. The van der Waals surface area contributed by atoms with Crippen LogP contribution in [0, 0.1) is 0 Å². The molecule has 166 valence electrons. The summed E-state index contributed by atoms with van der Waals surface area (Å²) in [5.41, 5.74) is 0. The lowest BCUT2D eigenvalue weighted by Gasteiger charge is -2.36. The molecule has 0 atom stereocenters. The van der Waals surface area contributed by atoms with Crippen molar-refractivity contribution in [1.82, 2.24) is 19.8 Å². The number of aromatic nitrogens is 2. The highest BCUT2D eigenvalue weighted by Gasteiger charge is 2.28. The lowest BCUT2D eigenvalue weighted by molar-refractivity contribution is 0.158. The van der Waals surface area contributed by atoms with Gasteiger partial charge in [0.25, 0.3) is 0 Å². The van der Waals surface area contributed by atoms with E-state index in [1.54, 1.807) is 6.33 Å². The van der Waals surface area contributed by atoms with Crippen molar-refractivity contribution in [2.24, 2.45) is 0 Å². The zero-order valence-corrected chi connectivity index (χ0v) is 18.6. The predicted octanol–water partition coefficient (Wildman–Crippen LogP) is 4.11. The van der Waals surface area contributed by atoms with Gasteiger partial charge in [0.2, 0.25) is 0 Å². The number of nitrogens with zero attached hydrogens (tertiary/aromatic N) is 4. The normalized spacial score (nSPS) is 26.4. The van der Waals surface area contributed by atoms with Crippen molar-refractivity contribution < 1.29 is 0 Å². The molecule has 1 aromatic rings. The highest BCUT2D eigenvalue weighted by Crippen LogP contribution is 2.28. The maximum atomic E-state index is 4.50. The summed E-state index contributed by atoms with van der Waals surface area (Å²) < 4.78 is 0. The lowest BCUT2D eigenvalue weighted by Crippen LogP contribution is -2.44. The SMILES string of the molecule is c1nc(NC2CCN(C3CCCC3)CC2)cc(NC2CCN(C3CCCC3)CC2)n1. The minimum atomic E-state index is 0.542. The molecule has 30 heavy (non-hydrogen) atoms. The third kappa shape index (κ3) is 5.08. The molecule has 2 N–H and O–H groups in total. The first-order valence-electron chi connectivity index (χ1n) is 12.7. The van der Waals surface area contributed by atoms with Crippen LogP contribution in [0.15, 0.2) is 12.4 Å². The molecule has 0 amide bonds. The standard InChI is InChI=1S/C24H40N6/c1-2-6-21(5-1)29-13-9-19(10-14-29)27-23-17-24(26-18-25-23)28-20-11-15-30(16-12-20)22-7-3-4-8-22/h17-22H,1-16H2,(H2,25,26,27,28). The van der Waals surface area contributed by atoms with Gasteiger partial charge in [-0.3, -0.25) is 0 Å². The third-order valence-corrected chi connectivity index (χ3v) is 8.11. The number of hydrogen-bond donors (Lipinski definition) is 2. The third-order valence-electron chi connectivity index (χ3n) is 8.11. The molecule has 2 saturated heterocycles. The van der Waals surface area contributed by atoms with E-state index >= 15 is 0 Å². The molecule has 6 nitrogen and oxygen atoms in total. The van der Waals surface area contributed by atoms with Gasteiger partial charge in [-0.1, -0.05) is 25.7 Å². The van der Waals surface area contributed by atoms with Gasteiger partial charge in [0.05, 0.1) is 0 Å². The van der Waals surface area contributed by atoms with Gasteiger partial charge < -0.3 is 20.4 Å². The summed E-state index contributed by atoms with van der Waals surface area (Å²) >= 11 is 0. The Balaban J connectivity index is 1.07. The van der Waals surface area contributed by atoms with Crippen LogP contribution in [0.3, 0.4) is 0 Å². The average molecular weight is 413 g/mol. The van der Waals surface area contributed by atoms with E-state index in [0.29, 0.717) is 12.1 Å². The minimum Gasteiger partial charge on any atom is -0.367 e. The van der Waals surface area contributed by atoms with Crippen molar-refractivity contribution >= 4 is 11.6 Å². The summed E-state index contributed by atoms with van der Waals surface area (Å²) in [4.78, 5) is 14.5. The van der Waals surface area contributed by atoms with Crippen LogP contribution in [0.1, 0.15) is 77.0 Å².